The number of esters is 2. The summed E-state index contributed by atoms with van der Waals surface area (Å²) < 4.78 is 115. The van der Waals surface area contributed by atoms with Gasteiger partial charge in [-0.2, -0.15) is 26.3 Å². The van der Waals surface area contributed by atoms with Crippen molar-refractivity contribution in [3.8, 4) is 23.0 Å². The minimum atomic E-state index is -5.65. The molecule has 2 atom stereocenters. The fraction of sp³-hybridized carbons (Fsp3) is 0.333. The van der Waals surface area contributed by atoms with E-state index >= 15 is 0 Å². The Hall–Kier alpha value is -4.82. The van der Waals surface area contributed by atoms with Crippen LogP contribution in [0.25, 0.3) is 12.2 Å². The number of carbonyl (C=O) groups excluding carboxylic acids is 2. The number of carbonyl (C=O) groups is 2. The molecule has 0 aliphatic carbocycles. The quantitative estimate of drug-likeness (QED) is 0.0369. The van der Waals surface area contributed by atoms with Gasteiger partial charge < -0.3 is 28.4 Å². The summed E-state index contributed by atoms with van der Waals surface area (Å²) in [4.78, 5) is 24.8. The van der Waals surface area contributed by atoms with Crippen molar-refractivity contribution in [2.24, 2.45) is 0 Å². The van der Waals surface area contributed by atoms with E-state index < -0.39 is 46.9 Å². The Labute approximate surface area is 283 Å². The van der Waals surface area contributed by atoms with Crippen LogP contribution < -0.4 is 18.9 Å². The SMILES string of the molecule is O=C(C=Cc1ccc(OCCCC2CO2)cc1)Oc1ccc(OC(=O)C=Cc2ccc(OCCCC3CO3)cc2)c(C(F)(F)F)c1C(F)(F)F. The molecule has 2 aliphatic rings. The van der Waals surface area contributed by atoms with Gasteiger partial charge in [0.15, 0.2) is 0 Å². The molecule has 0 radical (unpaired) electrons. The molecule has 0 spiro atoms. The van der Waals surface area contributed by atoms with Crippen molar-refractivity contribution < 1.29 is 64.4 Å². The second-order valence-corrected chi connectivity index (χ2v) is 11.3. The fourth-order valence-corrected chi connectivity index (χ4v) is 4.73. The predicted molar refractivity (Wildman–Crippen MR) is 168 cm³/mol. The Balaban J connectivity index is 1.22. The number of halogens is 6. The molecule has 2 aliphatic heterocycles. The molecule has 0 bridgehead atoms. The molecule has 2 unspecified atom stereocenters. The molecule has 2 saturated heterocycles. The monoisotopic (exact) mass is 706 g/mol. The molecular weight excluding hydrogens is 674 g/mol. The number of benzene rings is 3. The number of epoxide rings is 2. The van der Waals surface area contributed by atoms with Crippen molar-refractivity contribution in [2.75, 3.05) is 26.4 Å². The Morgan fingerprint density at radius 1 is 0.620 bits per heavy atom. The first-order valence-corrected chi connectivity index (χ1v) is 15.7. The van der Waals surface area contributed by atoms with E-state index in [1.165, 1.54) is 12.2 Å². The minimum Gasteiger partial charge on any atom is -0.494 e. The first-order chi connectivity index (χ1) is 23.8. The smallest absolute Gasteiger partial charge is 0.420 e. The Morgan fingerprint density at radius 2 is 0.980 bits per heavy atom. The highest BCUT2D eigenvalue weighted by Crippen LogP contribution is 2.49. The van der Waals surface area contributed by atoms with E-state index in [9.17, 15) is 35.9 Å². The summed E-state index contributed by atoms with van der Waals surface area (Å²) in [6.45, 7) is 2.46. The van der Waals surface area contributed by atoms with Crippen LogP contribution in [0.15, 0.2) is 72.8 Å². The molecule has 5 rings (SSSR count). The lowest BCUT2D eigenvalue weighted by molar-refractivity contribution is -0.164. The van der Waals surface area contributed by atoms with Crippen molar-refractivity contribution in [2.45, 2.75) is 50.2 Å². The fourth-order valence-electron chi connectivity index (χ4n) is 4.73. The van der Waals surface area contributed by atoms with E-state index in [1.54, 1.807) is 48.5 Å². The Kier molecular flexibility index (Phi) is 11.9. The van der Waals surface area contributed by atoms with Crippen LogP contribution in [0.4, 0.5) is 26.3 Å². The lowest BCUT2D eigenvalue weighted by Crippen LogP contribution is -2.21. The largest absolute Gasteiger partial charge is 0.494 e. The van der Waals surface area contributed by atoms with E-state index in [0.29, 0.717) is 60.2 Å². The maximum Gasteiger partial charge on any atom is 0.420 e. The van der Waals surface area contributed by atoms with Gasteiger partial charge in [0.2, 0.25) is 0 Å². The van der Waals surface area contributed by atoms with Gasteiger partial charge in [-0.25, -0.2) is 9.59 Å². The van der Waals surface area contributed by atoms with Crippen molar-refractivity contribution >= 4 is 24.1 Å². The number of hydrogen-bond acceptors (Lipinski definition) is 8. The summed E-state index contributed by atoms with van der Waals surface area (Å²) in [7, 11) is 0. The molecule has 266 valence electrons. The van der Waals surface area contributed by atoms with Crippen molar-refractivity contribution in [3.63, 3.8) is 0 Å². The number of hydrogen-bond donors (Lipinski definition) is 0. The molecule has 0 amide bonds. The van der Waals surface area contributed by atoms with Crippen LogP contribution in [0.3, 0.4) is 0 Å². The van der Waals surface area contributed by atoms with Crippen LogP contribution in [0.1, 0.15) is 47.9 Å². The highest BCUT2D eigenvalue weighted by atomic mass is 19.4. The molecule has 0 N–H and O–H groups in total. The normalized spacial score (nSPS) is 17.2. The highest BCUT2D eigenvalue weighted by Gasteiger charge is 2.48. The Morgan fingerprint density at radius 3 is 1.30 bits per heavy atom. The number of ether oxygens (including phenoxy) is 6. The second kappa shape index (κ2) is 16.3. The molecule has 2 fully saturated rings. The number of alkyl halides is 6. The maximum atomic E-state index is 14.1. The zero-order valence-corrected chi connectivity index (χ0v) is 26.4. The van der Waals surface area contributed by atoms with Gasteiger partial charge in [0.25, 0.3) is 0 Å². The average Bonchev–Trinajstić information content (AvgIpc) is 4.00. The zero-order chi connectivity index (χ0) is 35.7. The molecule has 3 aromatic carbocycles. The van der Waals surface area contributed by atoms with Gasteiger partial charge >= 0.3 is 24.3 Å². The summed E-state index contributed by atoms with van der Waals surface area (Å²) in [5.74, 6) is -4.47. The van der Waals surface area contributed by atoms with Crippen molar-refractivity contribution in [1.29, 1.82) is 0 Å². The third-order valence-electron chi connectivity index (χ3n) is 7.38. The molecule has 50 heavy (non-hydrogen) atoms. The highest BCUT2D eigenvalue weighted by molar-refractivity contribution is 5.90. The zero-order valence-electron chi connectivity index (χ0n) is 26.4. The van der Waals surface area contributed by atoms with Gasteiger partial charge in [-0.15, -0.1) is 0 Å². The van der Waals surface area contributed by atoms with Gasteiger partial charge in [-0.1, -0.05) is 24.3 Å². The maximum absolute atomic E-state index is 14.1. The van der Waals surface area contributed by atoms with E-state index in [4.69, 9.17) is 28.4 Å². The molecule has 0 aromatic heterocycles. The van der Waals surface area contributed by atoms with E-state index in [2.05, 4.69) is 0 Å². The molecular formula is C36H32F6O8. The summed E-state index contributed by atoms with van der Waals surface area (Å²) in [6, 6.07) is 13.7. The summed E-state index contributed by atoms with van der Waals surface area (Å²) in [5.41, 5.74) is -3.75. The van der Waals surface area contributed by atoms with Crippen molar-refractivity contribution in [3.05, 3.63) is 95.1 Å². The van der Waals surface area contributed by atoms with E-state index in [0.717, 1.165) is 51.0 Å². The minimum absolute atomic E-state index is 0.292. The second-order valence-electron chi connectivity index (χ2n) is 11.3. The lowest BCUT2D eigenvalue weighted by Gasteiger charge is -2.21. The Bertz CT molecular complexity index is 1550. The molecule has 8 nitrogen and oxygen atoms in total. The van der Waals surface area contributed by atoms with Gasteiger partial charge in [-0.3, -0.25) is 0 Å². The molecule has 2 heterocycles. The van der Waals surface area contributed by atoms with Gasteiger partial charge in [0, 0.05) is 12.2 Å². The predicted octanol–water partition coefficient (Wildman–Crippen LogP) is 8.08. The third kappa shape index (κ3) is 11.4. The standard InChI is InChI=1S/C36H32F6O8/c37-35(38,39)33-29(49-31(43)17-9-23-5-11-25(12-6-23)45-19-1-3-27-21-47-27)15-16-30(34(33)36(40,41)42)50-32(44)18-10-24-7-13-26(14-8-24)46-20-2-4-28-22-48-28/h5-18,27-28H,1-4,19-22H2. The van der Waals surface area contributed by atoms with Gasteiger partial charge in [-0.05, 0) is 85.4 Å². The van der Waals surface area contributed by atoms with E-state index in [-0.39, 0.29) is 0 Å². The first kappa shape index (κ1) is 36.5. The van der Waals surface area contributed by atoms with Crippen LogP contribution in [0.2, 0.25) is 0 Å². The third-order valence-corrected chi connectivity index (χ3v) is 7.38. The summed E-state index contributed by atoms with van der Waals surface area (Å²) in [6.07, 6.45) is -3.39. The number of rotatable bonds is 16. The summed E-state index contributed by atoms with van der Waals surface area (Å²) in [5, 5.41) is 0. The van der Waals surface area contributed by atoms with E-state index in [1.807, 2.05) is 0 Å². The van der Waals surface area contributed by atoms with Crippen LogP contribution in [-0.2, 0) is 31.4 Å². The van der Waals surface area contributed by atoms with Crippen LogP contribution in [0, 0.1) is 0 Å². The average molecular weight is 707 g/mol. The first-order valence-electron chi connectivity index (χ1n) is 15.7. The van der Waals surface area contributed by atoms with Crippen molar-refractivity contribution in [1.82, 2.24) is 0 Å². The topological polar surface area (TPSA) is 96.1 Å². The van der Waals surface area contributed by atoms with Crippen LogP contribution >= 0.6 is 0 Å². The molecule has 14 heteroatoms. The lowest BCUT2D eigenvalue weighted by atomic mass is 10.0. The van der Waals surface area contributed by atoms with Crippen LogP contribution in [-0.4, -0.2) is 50.6 Å². The van der Waals surface area contributed by atoms with Gasteiger partial charge in [0.05, 0.1) is 38.6 Å². The van der Waals surface area contributed by atoms with Gasteiger partial charge in [0.1, 0.15) is 34.1 Å². The van der Waals surface area contributed by atoms with Crippen LogP contribution in [0.5, 0.6) is 23.0 Å². The molecule has 0 saturated carbocycles. The molecule has 3 aromatic rings. The summed E-state index contributed by atoms with van der Waals surface area (Å²) >= 11 is 0.